The molecular formula is C6H14N4. The van der Waals surface area contributed by atoms with E-state index in [4.69, 9.17) is 0 Å². The number of rotatable bonds is 0. The standard InChI is InChI=1S/C6H14N4/c1-4-5-6(9-2-7-4)10-3-8-5/h4-10H,2-3H2,1H3. The van der Waals surface area contributed by atoms with Gasteiger partial charge in [0.15, 0.2) is 0 Å². The zero-order valence-electron chi connectivity index (χ0n) is 6.15. The molecule has 2 fully saturated rings. The van der Waals surface area contributed by atoms with Crippen LogP contribution in [0.2, 0.25) is 0 Å². The van der Waals surface area contributed by atoms with Crippen molar-refractivity contribution in [1.29, 1.82) is 0 Å². The Morgan fingerprint density at radius 2 is 1.70 bits per heavy atom. The number of hydrogen-bond acceptors (Lipinski definition) is 4. The Hall–Kier alpha value is -0.160. The van der Waals surface area contributed by atoms with Crippen molar-refractivity contribution < 1.29 is 0 Å². The monoisotopic (exact) mass is 142 g/mol. The van der Waals surface area contributed by atoms with Crippen LogP contribution in [-0.4, -0.2) is 31.6 Å². The lowest BCUT2D eigenvalue weighted by molar-refractivity contribution is 0.281. The molecule has 3 atom stereocenters. The fourth-order valence-electron chi connectivity index (χ4n) is 1.65. The first kappa shape index (κ1) is 6.54. The molecule has 4 nitrogen and oxygen atoms in total. The maximum atomic E-state index is 3.37. The van der Waals surface area contributed by atoms with Gasteiger partial charge >= 0.3 is 0 Å². The second-order valence-corrected chi connectivity index (χ2v) is 2.96. The molecule has 2 aliphatic rings. The fourth-order valence-corrected chi connectivity index (χ4v) is 1.65. The van der Waals surface area contributed by atoms with E-state index < -0.39 is 0 Å². The average Bonchev–Trinajstić information content (AvgIpc) is 2.36. The zero-order chi connectivity index (χ0) is 6.97. The van der Waals surface area contributed by atoms with E-state index in [0.29, 0.717) is 18.2 Å². The number of nitrogens with one attached hydrogen (secondary N) is 4. The Morgan fingerprint density at radius 3 is 2.40 bits per heavy atom. The van der Waals surface area contributed by atoms with E-state index in [-0.39, 0.29) is 0 Å². The summed E-state index contributed by atoms with van der Waals surface area (Å²) in [5.41, 5.74) is 0. The van der Waals surface area contributed by atoms with Gasteiger partial charge in [0.05, 0.1) is 12.2 Å². The molecule has 4 heteroatoms. The minimum atomic E-state index is 0.469. The van der Waals surface area contributed by atoms with Crippen molar-refractivity contribution in [3.05, 3.63) is 0 Å². The van der Waals surface area contributed by atoms with Crippen molar-refractivity contribution in [2.24, 2.45) is 0 Å². The van der Waals surface area contributed by atoms with Gasteiger partial charge in [-0.25, -0.2) is 0 Å². The van der Waals surface area contributed by atoms with Gasteiger partial charge in [0.2, 0.25) is 0 Å². The third-order valence-electron chi connectivity index (χ3n) is 2.30. The van der Waals surface area contributed by atoms with E-state index in [9.17, 15) is 0 Å². The summed E-state index contributed by atoms with van der Waals surface area (Å²) in [5, 5.41) is 13.4. The van der Waals surface area contributed by atoms with Gasteiger partial charge in [-0.05, 0) is 6.92 Å². The Labute approximate surface area is 60.8 Å². The molecule has 58 valence electrons. The highest BCUT2D eigenvalue weighted by atomic mass is 15.4. The first-order chi connectivity index (χ1) is 4.88. The minimum absolute atomic E-state index is 0.469. The Balaban J connectivity index is 2.03. The van der Waals surface area contributed by atoms with Crippen LogP contribution in [0, 0.1) is 0 Å². The quantitative estimate of drug-likeness (QED) is 0.328. The van der Waals surface area contributed by atoms with Crippen molar-refractivity contribution in [3.8, 4) is 0 Å². The highest BCUT2D eigenvalue weighted by Gasteiger charge is 2.32. The lowest BCUT2D eigenvalue weighted by Gasteiger charge is -2.32. The summed E-state index contributed by atoms with van der Waals surface area (Å²) in [6.45, 7) is 4.05. The topological polar surface area (TPSA) is 48.1 Å². The van der Waals surface area contributed by atoms with Crippen LogP contribution >= 0.6 is 0 Å². The molecule has 10 heavy (non-hydrogen) atoms. The van der Waals surface area contributed by atoms with E-state index in [1.54, 1.807) is 0 Å². The van der Waals surface area contributed by atoms with E-state index in [1.807, 2.05) is 0 Å². The summed E-state index contributed by atoms with van der Waals surface area (Å²) in [6.07, 6.45) is 0.469. The average molecular weight is 142 g/mol. The molecule has 2 saturated heterocycles. The van der Waals surface area contributed by atoms with Crippen LogP contribution in [0.15, 0.2) is 0 Å². The predicted octanol–water partition coefficient (Wildman–Crippen LogP) is -1.63. The first-order valence-corrected chi connectivity index (χ1v) is 3.81. The minimum Gasteiger partial charge on any atom is -0.300 e. The SMILES string of the molecule is CC1NCNC2NCNC12. The molecule has 2 aliphatic heterocycles. The molecule has 3 unspecified atom stereocenters. The van der Waals surface area contributed by atoms with Crippen LogP contribution in [0.5, 0.6) is 0 Å². The highest BCUT2D eigenvalue weighted by Crippen LogP contribution is 2.04. The van der Waals surface area contributed by atoms with E-state index >= 15 is 0 Å². The zero-order valence-corrected chi connectivity index (χ0v) is 6.15. The molecule has 0 aliphatic carbocycles. The summed E-state index contributed by atoms with van der Waals surface area (Å²) in [7, 11) is 0. The number of hydrogen-bond donors (Lipinski definition) is 4. The molecule has 4 N–H and O–H groups in total. The molecular weight excluding hydrogens is 128 g/mol. The molecule has 0 aromatic rings. The molecule has 0 amide bonds. The first-order valence-electron chi connectivity index (χ1n) is 3.81. The lowest BCUT2D eigenvalue weighted by Crippen LogP contribution is -2.62. The van der Waals surface area contributed by atoms with Gasteiger partial charge in [0.1, 0.15) is 0 Å². The number of fused-ring (bicyclic) bond motifs is 1. The largest absolute Gasteiger partial charge is 0.300 e. The second kappa shape index (κ2) is 2.47. The van der Waals surface area contributed by atoms with Crippen molar-refractivity contribution >= 4 is 0 Å². The van der Waals surface area contributed by atoms with Gasteiger partial charge in [-0.2, -0.15) is 0 Å². The molecule has 2 rings (SSSR count). The van der Waals surface area contributed by atoms with Gasteiger partial charge < -0.3 is 5.32 Å². The van der Waals surface area contributed by atoms with Gasteiger partial charge in [0.25, 0.3) is 0 Å². The van der Waals surface area contributed by atoms with Gasteiger partial charge in [0, 0.05) is 19.4 Å². The van der Waals surface area contributed by atoms with Crippen molar-refractivity contribution in [2.75, 3.05) is 13.3 Å². The summed E-state index contributed by atoms with van der Waals surface area (Å²) in [6, 6.07) is 1.12. The third-order valence-corrected chi connectivity index (χ3v) is 2.30. The van der Waals surface area contributed by atoms with E-state index in [0.717, 1.165) is 13.3 Å². The van der Waals surface area contributed by atoms with Crippen LogP contribution in [0.3, 0.4) is 0 Å². The predicted molar refractivity (Wildman–Crippen MR) is 39.3 cm³/mol. The van der Waals surface area contributed by atoms with Crippen LogP contribution in [0.1, 0.15) is 6.92 Å². The summed E-state index contributed by atoms with van der Waals surface area (Å²) in [4.78, 5) is 0. The molecule has 0 spiro atoms. The molecule has 0 aromatic carbocycles. The van der Waals surface area contributed by atoms with Crippen molar-refractivity contribution in [3.63, 3.8) is 0 Å². The Bertz CT molecular complexity index is 127. The van der Waals surface area contributed by atoms with E-state index in [2.05, 4.69) is 28.2 Å². The maximum absolute atomic E-state index is 3.37. The van der Waals surface area contributed by atoms with E-state index in [1.165, 1.54) is 0 Å². The summed E-state index contributed by atoms with van der Waals surface area (Å²) < 4.78 is 0. The lowest BCUT2D eigenvalue weighted by atomic mass is 10.1. The van der Waals surface area contributed by atoms with Crippen LogP contribution in [0.25, 0.3) is 0 Å². The smallest absolute Gasteiger partial charge is 0.0765 e. The van der Waals surface area contributed by atoms with Crippen LogP contribution < -0.4 is 21.3 Å². The van der Waals surface area contributed by atoms with Crippen LogP contribution in [-0.2, 0) is 0 Å². The van der Waals surface area contributed by atoms with Gasteiger partial charge in [-0.15, -0.1) is 0 Å². The van der Waals surface area contributed by atoms with Gasteiger partial charge in [-0.3, -0.25) is 16.0 Å². The third kappa shape index (κ3) is 0.932. The summed E-state index contributed by atoms with van der Waals surface area (Å²) >= 11 is 0. The Morgan fingerprint density at radius 1 is 1.00 bits per heavy atom. The molecule has 0 saturated carbocycles. The normalized spacial score (nSPS) is 47.1. The summed E-state index contributed by atoms with van der Waals surface area (Å²) in [5.74, 6) is 0. The van der Waals surface area contributed by atoms with Crippen LogP contribution in [0.4, 0.5) is 0 Å². The highest BCUT2D eigenvalue weighted by molar-refractivity contribution is 4.95. The molecule has 0 bridgehead atoms. The van der Waals surface area contributed by atoms with Crippen molar-refractivity contribution in [2.45, 2.75) is 25.2 Å². The molecule has 0 aromatic heterocycles. The maximum Gasteiger partial charge on any atom is 0.0765 e. The Kier molecular flexibility index (Phi) is 1.61. The second-order valence-electron chi connectivity index (χ2n) is 2.96. The van der Waals surface area contributed by atoms with Crippen molar-refractivity contribution in [1.82, 2.24) is 21.3 Å². The molecule has 2 heterocycles. The molecule has 0 radical (unpaired) electrons. The van der Waals surface area contributed by atoms with Gasteiger partial charge in [-0.1, -0.05) is 0 Å². The fraction of sp³-hybridized carbons (Fsp3) is 1.00.